The van der Waals surface area contributed by atoms with E-state index in [4.69, 9.17) is 12.7 Å². The highest BCUT2D eigenvalue weighted by Gasteiger charge is 2.33. The number of carbonyl (C=O) groups is 2. The summed E-state index contributed by atoms with van der Waals surface area (Å²) >= 11 is 0. The Morgan fingerprint density at radius 2 is 2.08 bits per heavy atom. The molecule has 2 saturated heterocycles. The van der Waals surface area contributed by atoms with Crippen molar-refractivity contribution in [2.45, 2.75) is 13.0 Å². The minimum absolute atomic E-state index is 0.192. The molecule has 2 aliphatic heterocycles. The molecular formula is C16H20BFN4O3. The Morgan fingerprint density at radius 3 is 2.72 bits per heavy atom. The van der Waals surface area contributed by atoms with Gasteiger partial charge in [0.2, 0.25) is 5.91 Å². The fourth-order valence-electron chi connectivity index (χ4n) is 2.98. The Morgan fingerprint density at radius 1 is 1.36 bits per heavy atom. The van der Waals surface area contributed by atoms with Crippen molar-refractivity contribution in [1.82, 2.24) is 10.1 Å². The Bertz CT molecular complexity index is 667. The lowest BCUT2D eigenvalue weighted by Gasteiger charge is -2.34. The summed E-state index contributed by atoms with van der Waals surface area (Å²) in [7, 11) is 5.72. The third kappa shape index (κ3) is 4.04. The van der Waals surface area contributed by atoms with Crippen LogP contribution in [0, 0.1) is 5.82 Å². The summed E-state index contributed by atoms with van der Waals surface area (Å²) in [5.74, 6) is -0.580. The van der Waals surface area contributed by atoms with E-state index in [1.165, 1.54) is 17.9 Å². The van der Waals surface area contributed by atoms with Gasteiger partial charge in [0.05, 0.1) is 24.5 Å². The zero-order valence-electron chi connectivity index (χ0n) is 14.1. The first kappa shape index (κ1) is 17.5. The fraction of sp³-hybridized carbons (Fsp3) is 0.500. The Balaban J connectivity index is 1.68. The topological polar surface area (TPSA) is 65.1 Å². The van der Waals surface area contributed by atoms with Crippen LogP contribution >= 0.6 is 0 Å². The molecule has 1 atom stereocenters. The van der Waals surface area contributed by atoms with Gasteiger partial charge in [0, 0.05) is 33.1 Å². The van der Waals surface area contributed by atoms with Crippen molar-refractivity contribution >= 4 is 31.4 Å². The monoisotopic (exact) mass is 346 g/mol. The Kier molecular flexibility index (Phi) is 5.12. The van der Waals surface area contributed by atoms with E-state index in [0.29, 0.717) is 37.6 Å². The number of hydrogen-bond acceptors (Lipinski definition) is 5. The summed E-state index contributed by atoms with van der Waals surface area (Å²) in [4.78, 5) is 28.0. The summed E-state index contributed by atoms with van der Waals surface area (Å²) in [6, 6.07) is 4.72. The molecule has 9 heteroatoms. The maximum Gasteiger partial charge on any atom is 0.414 e. The average Bonchev–Trinajstić information content (AvgIpc) is 2.95. The van der Waals surface area contributed by atoms with Gasteiger partial charge in [-0.15, -0.1) is 0 Å². The number of halogens is 1. The molecule has 1 aromatic carbocycles. The zero-order valence-corrected chi connectivity index (χ0v) is 14.1. The summed E-state index contributed by atoms with van der Waals surface area (Å²) in [6.45, 7) is 4.54. The molecule has 2 amide bonds. The first-order chi connectivity index (χ1) is 11.9. The van der Waals surface area contributed by atoms with Crippen LogP contribution in [0.3, 0.4) is 0 Å². The average molecular weight is 346 g/mol. The molecule has 2 aliphatic rings. The van der Waals surface area contributed by atoms with Crippen molar-refractivity contribution in [2.24, 2.45) is 0 Å². The van der Waals surface area contributed by atoms with E-state index >= 15 is 0 Å². The lowest BCUT2D eigenvalue weighted by atomic mass is 10.1. The van der Waals surface area contributed by atoms with Crippen molar-refractivity contribution in [3.63, 3.8) is 0 Å². The minimum atomic E-state index is -0.542. The van der Waals surface area contributed by atoms with Gasteiger partial charge in [0.25, 0.3) is 0 Å². The normalized spacial score (nSPS) is 21.4. The van der Waals surface area contributed by atoms with E-state index in [-0.39, 0.29) is 24.8 Å². The molecule has 0 aliphatic carbocycles. The van der Waals surface area contributed by atoms with Gasteiger partial charge in [0.1, 0.15) is 11.9 Å². The highest BCUT2D eigenvalue weighted by molar-refractivity contribution is 6.04. The zero-order chi connectivity index (χ0) is 18.0. The highest BCUT2D eigenvalue weighted by Crippen LogP contribution is 2.28. The van der Waals surface area contributed by atoms with Crippen LogP contribution in [-0.2, 0) is 9.53 Å². The summed E-state index contributed by atoms with van der Waals surface area (Å²) in [5, 5.41) is 2.61. The molecule has 0 aromatic heterocycles. The van der Waals surface area contributed by atoms with E-state index in [1.807, 2.05) is 4.90 Å². The van der Waals surface area contributed by atoms with Crippen LogP contribution in [0.2, 0.25) is 0 Å². The third-order valence-electron chi connectivity index (χ3n) is 4.35. The summed E-state index contributed by atoms with van der Waals surface area (Å²) in [6.07, 6.45) is -0.990. The van der Waals surface area contributed by atoms with Crippen LogP contribution in [0.25, 0.3) is 0 Å². The lowest BCUT2D eigenvalue weighted by Crippen LogP contribution is -2.45. The van der Waals surface area contributed by atoms with Crippen LogP contribution in [-0.4, -0.2) is 70.2 Å². The maximum atomic E-state index is 14.5. The summed E-state index contributed by atoms with van der Waals surface area (Å²) in [5.41, 5.74) is 0.938. The molecule has 1 N–H and O–H groups in total. The van der Waals surface area contributed by atoms with Gasteiger partial charge in [-0.2, -0.15) is 0 Å². The van der Waals surface area contributed by atoms with Gasteiger partial charge >= 0.3 is 6.09 Å². The first-order valence-corrected chi connectivity index (χ1v) is 8.21. The number of rotatable bonds is 4. The van der Waals surface area contributed by atoms with Gasteiger partial charge in [0.15, 0.2) is 7.98 Å². The number of nitrogens with one attached hydrogen (secondary N) is 1. The number of piperazine rings is 1. The van der Waals surface area contributed by atoms with E-state index in [9.17, 15) is 14.0 Å². The molecule has 132 valence electrons. The molecule has 25 heavy (non-hydrogen) atoms. The highest BCUT2D eigenvalue weighted by atomic mass is 19.1. The first-order valence-electron chi connectivity index (χ1n) is 8.21. The van der Waals surface area contributed by atoms with Gasteiger partial charge in [-0.25, -0.2) is 9.18 Å². The standard InChI is InChI=1S/C16H20BFN4O3/c1-11(23)19-9-13-10-22(16(24)25-13)12-2-3-15(14(18)8-12)20-4-6-21(17)7-5-20/h2-3,8,13H,4-7,9-10H2,1H3,(H,19,23)/t13-/m0/s1. The number of anilines is 2. The van der Waals surface area contributed by atoms with Gasteiger partial charge in [-0.1, -0.05) is 0 Å². The number of nitrogens with zero attached hydrogens (tertiary/aromatic N) is 3. The quantitative estimate of drug-likeness (QED) is 0.804. The van der Waals surface area contributed by atoms with Crippen molar-refractivity contribution in [2.75, 3.05) is 49.1 Å². The number of ether oxygens (including phenoxy) is 1. The number of cyclic esters (lactones) is 1. The van der Waals surface area contributed by atoms with Crippen molar-refractivity contribution in [1.29, 1.82) is 0 Å². The molecule has 1 aromatic rings. The second-order valence-electron chi connectivity index (χ2n) is 6.21. The van der Waals surface area contributed by atoms with Crippen LogP contribution in [0.15, 0.2) is 18.2 Å². The predicted octanol–water partition coefficient (Wildman–Crippen LogP) is 0.492. The minimum Gasteiger partial charge on any atom is -0.442 e. The number of hydrogen-bond donors (Lipinski definition) is 1. The fourth-order valence-corrected chi connectivity index (χ4v) is 2.98. The van der Waals surface area contributed by atoms with Gasteiger partial charge in [-0.3, -0.25) is 9.69 Å². The second kappa shape index (κ2) is 7.31. The van der Waals surface area contributed by atoms with Gasteiger partial charge in [-0.05, 0) is 18.2 Å². The molecule has 0 spiro atoms. The van der Waals surface area contributed by atoms with Crippen molar-refractivity contribution in [3.8, 4) is 0 Å². The van der Waals surface area contributed by atoms with E-state index < -0.39 is 12.2 Å². The smallest absolute Gasteiger partial charge is 0.414 e. The molecule has 0 saturated carbocycles. The van der Waals surface area contributed by atoms with E-state index in [0.717, 1.165) is 0 Å². The number of benzene rings is 1. The van der Waals surface area contributed by atoms with Crippen LogP contribution in [0.1, 0.15) is 6.92 Å². The van der Waals surface area contributed by atoms with Crippen LogP contribution in [0.4, 0.5) is 20.6 Å². The molecule has 2 heterocycles. The molecular weight excluding hydrogens is 326 g/mol. The largest absolute Gasteiger partial charge is 0.442 e. The van der Waals surface area contributed by atoms with Gasteiger partial charge < -0.3 is 19.8 Å². The SMILES string of the molecule is [B]N1CCN(c2ccc(N3C[C@H](CNC(C)=O)OC3=O)cc2F)CC1. The van der Waals surface area contributed by atoms with Crippen LogP contribution in [0.5, 0.6) is 0 Å². The lowest BCUT2D eigenvalue weighted by molar-refractivity contribution is -0.119. The maximum absolute atomic E-state index is 14.5. The Labute approximate surface area is 147 Å². The van der Waals surface area contributed by atoms with Crippen molar-refractivity contribution < 1.29 is 18.7 Å². The number of carbonyl (C=O) groups excluding carboxylic acids is 2. The van der Waals surface area contributed by atoms with Crippen molar-refractivity contribution in [3.05, 3.63) is 24.0 Å². The molecule has 2 radical (unpaired) electrons. The van der Waals surface area contributed by atoms with E-state index in [1.54, 1.807) is 16.9 Å². The molecule has 0 unspecified atom stereocenters. The molecule has 3 rings (SSSR count). The molecule has 7 nitrogen and oxygen atoms in total. The Hall–Kier alpha value is -2.29. The molecule has 2 fully saturated rings. The molecule has 0 bridgehead atoms. The second-order valence-corrected chi connectivity index (χ2v) is 6.21. The third-order valence-corrected chi connectivity index (χ3v) is 4.35. The predicted molar refractivity (Wildman–Crippen MR) is 92.2 cm³/mol. The van der Waals surface area contributed by atoms with Crippen LogP contribution < -0.4 is 15.1 Å². The van der Waals surface area contributed by atoms with E-state index in [2.05, 4.69) is 5.32 Å². The summed E-state index contributed by atoms with van der Waals surface area (Å²) < 4.78 is 19.7. The number of amides is 2.